The number of methoxy groups -OCH3 is 1. The molecule has 0 saturated carbocycles. The Balaban J connectivity index is 2.15. The highest BCUT2D eigenvalue weighted by Gasteiger charge is 2.10. The van der Waals surface area contributed by atoms with Gasteiger partial charge in [-0.15, -0.1) is 0 Å². The van der Waals surface area contributed by atoms with Crippen LogP contribution in [0.3, 0.4) is 0 Å². The van der Waals surface area contributed by atoms with Crippen molar-refractivity contribution in [2.24, 2.45) is 0 Å². The van der Waals surface area contributed by atoms with Crippen molar-refractivity contribution in [2.45, 2.75) is 6.92 Å². The molecule has 1 aromatic heterocycles. The molecule has 20 heavy (non-hydrogen) atoms. The standard InChI is InChI=1S/C14H13N3O3/c1-9-7-16-12(8-15-9)13(18)17-11-5-3-4-10(6-11)14(19)20-2/h3-8H,1-2H3,(H,17,18). The molecule has 1 amide bonds. The largest absolute Gasteiger partial charge is 0.465 e. The second-order valence-electron chi connectivity index (χ2n) is 4.07. The van der Waals surface area contributed by atoms with Gasteiger partial charge in [0.15, 0.2) is 0 Å². The number of esters is 1. The molecule has 102 valence electrons. The highest BCUT2D eigenvalue weighted by atomic mass is 16.5. The van der Waals surface area contributed by atoms with E-state index in [9.17, 15) is 9.59 Å². The molecule has 0 aliphatic heterocycles. The van der Waals surface area contributed by atoms with Gasteiger partial charge in [0, 0.05) is 11.9 Å². The molecule has 0 radical (unpaired) electrons. The molecular weight excluding hydrogens is 258 g/mol. The first-order chi connectivity index (χ1) is 9.60. The van der Waals surface area contributed by atoms with Crippen molar-refractivity contribution in [3.05, 3.63) is 53.6 Å². The summed E-state index contributed by atoms with van der Waals surface area (Å²) in [5.74, 6) is -0.851. The van der Waals surface area contributed by atoms with E-state index in [2.05, 4.69) is 20.0 Å². The third-order valence-corrected chi connectivity index (χ3v) is 2.56. The van der Waals surface area contributed by atoms with Gasteiger partial charge in [-0.25, -0.2) is 9.78 Å². The van der Waals surface area contributed by atoms with Crippen LogP contribution in [0.15, 0.2) is 36.7 Å². The smallest absolute Gasteiger partial charge is 0.337 e. The average molecular weight is 271 g/mol. The lowest BCUT2D eigenvalue weighted by atomic mass is 10.2. The number of rotatable bonds is 3. The lowest BCUT2D eigenvalue weighted by Gasteiger charge is -2.06. The van der Waals surface area contributed by atoms with E-state index in [-0.39, 0.29) is 11.6 Å². The number of anilines is 1. The fourth-order valence-corrected chi connectivity index (χ4v) is 1.55. The normalized spacial score (nSPS) is 9.90. The van der Waals surface area contributed by atoms with Crippen molar-refractivity contribution < 1.29 is 14.3 Å². The van der Waals surface area contributed by atoms with Crippen molar-refractivity contribution in [3.8, 4) is 0 Å². The fraction of sp³-hybridized carbons (Fsp3) is 0.143. The van der Waals surface area contributed by atoms with E-state index in [0.29, 0.717) is 11.3 Å². The second-order valence-corrected chi connectivity index (χ2v) is 4.07. The van der Waals surface area contributed by atoms with Gasteiger partial charge in [-0.3, -0.25) is 9.78 Å². The third kappa shape index (κ3) is 3.17. The van der Waals surface area contributed by atoms with Crippen LogP contribution in [0.25, 0.3) is 0 Å². The number of nitrogens with one attached hydrogen (secondary N) is 1. The summed E-state index contributed by atoms with van der Waals surface area (Å²) in [5, 5.41) is 2.65. The van der Waals surface area contributed by atoms with E-state index in [1.54, 1.807) is 25.1 Å². The Bertz CT molecular complexity index is 638. The number of nitrogens with zero attached hydrogens (tertiary/aromatic N) is 2. The van der Waals surface area contributed by atoms with Crippen LogP contribution in [0.4, 0.5) is 5.69 Å². The monoisotopic (exact) mass is 271 g/mol. The second kappa shape index (κ2) is 5.92. The summed E-state index contributed by atoms with van der Waals surface area (Å²) in [7, 11) is 1.30. The predicted molar refractivity (Wildman–Crippen MR) is 72.5 cm³/mol. The summed E-state index contributed by atoms with van der Waals surface area (Å²) >= 11 is 0. The van der Waals surface area contributed by atoms with Crippen LogP contribution in [0.5, 0.6) is 0 Å². The average Bonchev–Trinajstić information content (AvgIpc) is 2.47. The molecule has 1 N–H and O–H groups in total. The number of amides is 1. The minimum Gasteiger partial charge on any atom is -0.465 e. The van der Waals surface area contributed by atoms with Gasteiger partial charge < -0.3 is 10.1 Å². The molecule has 0 spiro atoms. The van der Waals surface area contributed by atoms with Crippen LogP contribution in [0.1, 0.15) is 26.5 Å². The Morgan fingerprint density at radius 3 is 2.65 bits per heavy atom. The molecular formula is C14H13N3O3. The Kier molecular flexibility index (Phi) is 4.05. The minimum absolute atomic E-state index is 0.207. The minimum atomic E-state index is -0.462. The molecule has 2 rings (SSSR count). The van der Waals surface area contributed by atoms with Gasteiger partial charge in [0.25, 0.3) is 5.91 Å². The maximum absolute atomic E-state index is 11.9. The molecule has 2 aromatic rings. The zero-order chi connectivity index (χ0) is 14.5. The predicted octanol–water partition coefficient (Wildman–Crippen LogP) is 1.82. The van der Waals surface area contributed by atoms with E-state index in [1.165, 1.54) is 25.6 Å². The molecule has 0 unspecified atom stereocenters. The summed E-state index contributed by atoms with van der Waals surface area (Å²) in [6.45, 7) is 1.79. The molecule has 0 aliphatic rings. The van der Waals surface area contributed by atoms with Gasteiger partial charge in [-0.05, 0) is 25.1 Å². The molecule has 0 saturated heterocycles. The van der Waals surface area contributed by atoms with Crippen LogP contribution in [0, 0.1) is 6.92 Å². The molecule has 0 atom stereocenters. The molecule has 0 aliphatic carbocycles. The number of carbonyl (C=O) groups is 2. The number of ether oxygens (including phenoxy) is 1. The van der Waals surface area contributed by atoms with Gasteiger partial charge in [0.2, 0.25) is 0 Å². The van der Waals surface area contributed by atoms with Crippen LogP contribution in [0.2, 0.25) is 0 Å². The zero-order valence-corrected chi connectivity index (χ0v) is 11.1. The highest BCUT2D eigenvalue weighted by molar-refractivity contribution is 6.03. The number of aryl methyl sites for hydroxylation is 1. The molecule has 0 bridgehead atoms. The number of hydrogen-bond donors (Lipinski definition) is 1. The molecule has 0 fully saturated rings. The Morgan fingerprint density at radius 2 is 2.00 bits per heavy atom. The van der Waals surface area contributed by atoms with Gasteiger partial charge in [-0.1, -0.05) is 6.07 Å². The van der Waals surface area contributed by atoms with Gasteiger partial charge >= 0.3 is 5.97 Å². The van der Waals surface area contributed by atoms with Crippen molar-refractivity contribution in [1.29, 1.82) is 0 Å². The van der Waals surface area contributed by atoms with Crippen LogP contribution in [-0.4, -0.2) is 29.0 Å². The lowest BCUT2D eigenvalue weighted by molar-refractivity contribution is 0.0600. The first-order valence-corrected chi connectivity index (χ1v) is 5.88. The topological polar surface area (TPSA) is 81.2 Å². The van der Waals surface area contributed by atoms with Gasteiger partial charge in [0.1, 0.15) is 5.69 Å². The third-order valence-electron chi connectivity index (χ3n) is 2.56. The molecule has 1 heterocycles. The summed E-state index contributed by atoms with van der Waals surface area (Å²) in [6.07, 6.45) is 2.91. The number of benzene rings is 1. The van der Waals surface area contributed by atoms with Crippen molar-refractivity contribution in [1.82, 2.24) is 9.97 Å². The van der Waals surface area contributed by atoms with Crippen LogP contribution < -0.4 is 5.32 Å². The molecule has 6 nitrogen and oxygen atoms in total. The van der Waals surface area contributed by atoms with Crippen molar-refractivity contribution in [2.75, 3.05) is 12.4 Å². The lowest BCUT2D eigenvalue weighted by Crippen LogP contribution is -2.14. The summed E-state index contributed by atoms with van der Waals surface area (Å²) in [6, 6.07) is 6.47. The first-order valence-electron chi connectivity index (χ1n) is 5.88. The first kappa shape index (κ1) is 13.7. The van der Waals surface area contributed by atoms with Gasteiger partial charge in [0.05, 0.1) is 24.6 Å². The van der Waals surface area contributed by atoms with Crippen LogP contribution in [-0.2, 0) is 4.74 Å². The number of hydrogen-bond acceptors (Lipinski definition) is 5. The van der Waals surface area contributed by atoms with E-state index >= 15 is 0 Å². The summed E-state index contributed by atoms with van der Waals surface area (Å²) in [5.41, 5.74) is 1.79. The maximum atomic E-state index is 11.9. The highest BCUT2D eigenvalue weighted by Crippen LogP contribution is 2.12. The van der Waals surface area contributed by atoms with E-state index < -0.39 is 5.97 Å². The summed E-state index contributed by atoms with van der Waals surface area (Å²) in [4.78, 5) is 31.3. The Hall–Kier alpha value is -2.76. The maximum Gasteiger partial charge on any atom is 0.337 e. The van der Waals surface area contributed by atoms with Crippen molar-refractivity contribution >= 4 is 17.6 Å². The quantitative estimate of drug-likeness (QED) is 0.861. The van der Waals surface area contributed by atoms with E-state index in [4.69, 9.17) is 0 Å². The number of aromatic nitrogens is 2. The molecule has 6 heteroatoms. The van der Waals surface area contributed by atoms with Crippen molar-refractivity contribution in [3.63, 3.8) is 0 Å². The molecule has 1 aromatic carbocycles. The number of carbonyl (C=O) groups excluding carboxylic acids is 2. The van der Waals surface area contributed by atoms with E-state index in [1.807, 2.05) is 0 Å². The van der Waals surface area contributed by atoms with Crippen LogP contribution >= 0.6 is 0 Å². The Labute approximate surface area is 115 Å². The summed E-state index contributed by atoms with van der Waals surface area (Å²) < 4.78 is 4.62. The van der Waals surface area contributed by atoms with Gasteiger partial charge in [-0.2, -0.15) is 0 Å². The Morgan fingerprint density at radius 1 is 1.20 bits per heavy atom. The zero-order valence-electron chi connectivity index (χ0n) is 11.1. The fourth-order valence-electron chi connectivity index (χ4n) is 1.55. The SMILES string of the molecule is COC(=O)c1cccc(NC(=O)c2cnc(C)cn2)c1. The van der Waals surface area contributed by atoms with E-state index in [0.717, 1.165) is 5.69 Å².